The van der Waals surface area contributed by atoms with Crippen LogP contribution in [0.15, 0.2) is 0 Å². The van der Waals surface area contributed by atoms with Crippen molar-refractivity contribution < 1.29 is 81.4 Å². The maximum Gasteiger partial charge on any atom is 0.509 e. The van der Waals surface area contributed by atoms with Crippen LogP contribution in [-0.4, -0.2) is 104 Å². The highest BCUT2D eigenvalue weighted by molar-refractivity contribution is 7.82. The van der Waals surface area contributed by atoms with Gasteiger partial charge in [-0.25, -0.2) is 38.3 Å². The molecular formula is C11H16O19S4. The summed E-state index contributed by atoms with van der Waals surface area (Å²) in [5.41, 5.74) is 0. The molecule has 0 spiro atoms. The van der Waals surface area contributed by atoms with Gasteiger partial charge in [-0.15, -0.1) is 0 Å². The molecule has 34 heavy (non-hydrogen) atoms. The summed E-state index contributed by atoms with van der Waals surface area (Å²) in [5.74, 6) is 0. The van der Waals surface area contributed by atoms with Crippen LogP contribution < -0.4 is 0 Å². The van der Waals surface area contributed by atoms with E-state index in [0.717, 1.165) is 0 Å². The van der Waals surface area contributed by atoms with Crippen LogP contribution in [0.3, 0.4) is 0 Å². The van der Waals surface area contributed by atoms with Gasteiger partial charge < -0.3 is 9.47 Å². The van der Waals surface area contributed by atoms with Crippen LogP contribution in [0, 0.1) is 0 Å². The molecule has 0 amide bonds. The lowest BCUT2D eigenvalue weighted by Gasteiger charge is -2.15. The van der Waals surface area contributed by atoms with Crippen molar-refractivity contribution in [2.24, 2.45) is 0 Å². The molecule has 198 valence electrons. The van der Waals surface area contributed by atoms with E-state index in [4.69, 9.17) is 0 Å². The van der Waals surface area contributed by atoms with Crippen LogP contribution in [0.2, 0.25) is 0 Å². The van der Waals surface area contributed by atoms with Crippen LogP contribution >= 0.6 is 0 Å². The second kappa shape index (κ2) is 10.4. The fourth-order valence-electron chi connectivity index (χ4n) is 2.31. The SMILES string of the molecule is O=C1OC(COS(=O)(=O)OCC2COS(=O)(=O)O2)C(COS(=O)(=O)OCC2COS(=O)(=O)O2)O1. The highest BCUT2D eigenvalue weighted by Gasteiger charge is 2.40. The molecule has 3 fully saturated rings. The van der Waals surface area contributed by atoms with Gasteiger partial charge in [0.15, 0.2) is 12.2 Å². The Balaban J connectivity index is 1.43. The molecule has 4 atom stereocenters. The third-order valence-corrected chi connectivity index (χ3v) is 7.33. The number of carbonyl (C=O) groups excluding carboxylic acids is 1. The lowest BCUT2D eigenvalue weighted by molar-refractivity contribution is 0.0524. The van der Waals surface area contributed by atoms with Crippen molar-refractivity contribution >= 4 is 47.8 Å². The standard InChI is InChI=1S/C11H16O19S4/c12-11-27-9(5-25-31(13,14)21-1-7-3-23-33(17,18)29-7)10(28-11)6-26-32(15,16)22-2-8-4-24-34(19,20)30-8/h7-10H,1-6H2. The molecule has 3 aliphatic heterocycles. The molecule has 3 saturated heterocycles. The van der Waals surface area contributed by atoms with Gasteiger partial charge in [0.2, 0.25) is 0 Å². The molecule has 3 heterocycles. The summed E-state index contributed by atoms with van der Waals surface area (Å²) in [6.45, 7) is -4.32. The average Bonchev–Trinajstić information content (AvgIpc) is 3.37. The average molecular weight is 580 g/mol. The monoisotopic (exact) mass is 580 g/mol. The fraction of sp³-hybridized carbons (Fsp3) is 0.909. The van der Waals surface area contributed by atoms with Crippen molar-refractivity contribution in [1.82, 2.24) is 0 Å². The van der Waals surface area contributed by atoms with Crippen molar-refractivity contribution in [2.45, 2.75) is 24.4 Å². The molecule has 0 radical (unpaired) electrons. The van der Waals surface area contributed by atoms with Crippen LogP contribution in [-0.2, 0) is 84.5 Å². The zero-order chi connectivity index (χ0) is 25.2. The Bertz CT molecular complexity index is 1080. The van der Waals surface area contributed by atoms with Gasteiger partial charge in [-0.05, 0) is 0 Å². The first kappa shape index (κ1) is 27.3. The summed E-state index contributed by atoms with van der Waals surface area (Å²) >= 11 is 0. The van der Waals surface area contributed by atoms with Gasteiger partial charge in [-0.1, -0.05) is 0 Å². The molecule has 23 heteroatoms. The van der Waals surface area contributed by atoms with Gasteiger partial charge >= 0.3 is 47.8 Å². The summed E-state index contributed by atoms with van der Waals surface area (Å²) in [6, 6.07) is 0. The van der Waals surface area contributed by atoms with Gasteiger partial charge in [-0.2, -0.15) is 33.7 Å². The molecule has 0 aromatic heterocycles. The molecule has 19 nitrogen and oxygen atoms in total. The summed E-state index contributed by atoms with van der Waals surface area (Å²) in [7, 11) is -18.0. The van der Waals surface area contributed by atoms with Gasteiger partial charge in [-0.3, -0.25) is 0 Å². The van der Waals surface area contributed by atoms with Gasteiger partial charge in [0.05, 0.1) is 26.4 Å². The summed E-state index contributed by atoms with van der Waals surface area (Å²) in [6.07, 6.45) is -6.72. The van der Waals surface area contributed by atoms with Crippen LogP contribution in [0.4, 0.5) is 4.79 Å². The summed E-state index contributed by atoms with van der Waals surface area (Å²) in [4.78, 5) is 11.3. The van der Waals surface area contributed by atoms with E-state index in [2.05, 4.69) is 42.9 Å². The Morgan fingerprint density at radius 1 is 0.676 bits per heavy atom. The lowest BCUT2D eigenvalue weighted by atomic mass is 10.2. The second-order valence-electron chi connectivity index (χ2n) is 6.34. The predicted molar refractivity (Wildman–Crippen MR) is 96.3 cm³/mol. The van der Waals surface area contributed by atoms with E-state index in [9.17, 15) is 38.5 Å². The zero-order valence-corrected chi connectivity index (χ0v) is 19.7. The number of ether oxygens (including phenoxy) is 2. The van der Waals surface area contributed by atoms with Crippen LogP contribution in [0.1, 0.15) is 0 Å². The quantitative estimate of drug-likeness (QED) is 0.206. The van der Waals surface area contributed by atoms with Crippen LogP contribution in [0.5, 0.6) is 0 Å². The van der Waals surface area contributed by atoms with Gasteiger partial charge in [0, 0.05) is 0 Å². The smallest absolute Gasteiger partial charge is 0.424 e. The Morgan fingerprint density at radius 2 is 1.03 bits per heavy atom. The van der Waals surface area contributed by atoms with Crippen molar-refractivity contribution in [3.63, 3.8) is 0 Å². The summed E-state index contributed by atoms with van der Waals surface area (Å²) in [5, 5.41) is 0. The maximum atomic E-state index is 11.8. The Kier molecular flexibility index (Phi) is 8.36. The molecule has 0 aliphatic carbocycles. The third-order valence-electron chi connectivity index (χ3n) is 3.76. The first-order valence-electron chi connectivity index (χ1n) is 8.74. The Labute approximate surface area is 193 Å². The number of carbonyl (C=O) groups is 1. The first-order chi connectivity index (χ1) is 15.6. The van der Waals surface area contributed by atoms with Gasteiger partial charge in [0.25, 0.3) is 0 Å². The lowest BCUT2D eigenvalue weighted by Crippen LogP contribution is -2.34. The molecule has 4 unspecified atom stereocenters. The van der Waals surface area contributed by atoms with Crippen LogP contribution in [0.25, 0.3) is 0 Å². The minimum Gasteiger partial charge on any atom is -0.424 e. The van der Waals surface area contributed by atoms with E-state index in [0.29, 0.717) is 0 Å². The van der Waals surface area contributed by atoms with E-state index in [1.807, 2.05) is 0 Å². The molecule has 0 N–H and O–H groups in total. The maximum absolute atomic E-state index is 11.8. The normalized spacial score (nSPS) is 30.8. The molecule has 0 bridgehead atoms. The first-order valence-corrected chi connectivity index (χ1v) is 14.1. The molecule has 0 aromatic carbocycles. The largest absolute Gasteiger partial charge is 0.509 e. The van der Waals surface area contributed by atoms with Crippen molar-refractivity contribution in [1.29, 1.82) is 0 Å². The summed E-state index contributed by atoms with van der Waals surface area (Å²) < 4.78 is 135. The number of hydrogen-bond acceptors (Lipinski definition) is 19. The number of rotatable bonds is 12. The highest BCUT2D eigenvalue weighted by Crippen LogP contribution is 2.20. The number of cyclic esters (lactones) is 2. The van der Waals surface area contributed by atoms with E-state index in [-0.39, 0.29) is 0 Å². The Hall–Kier alpha value is -1.25. The van der Waals surface area contributed by atoms with E-state index >= 15 is 0 Å². The van der Waals surface area contributed by atoms with Gasteiger partial charge in [0.1, 0.15) is 25.4 Å². The van der Waals surface area contributed by atoms with E-state index in [1.54, 1.807) is 0 Å². The fourth-order valence-corrected chi connectivity index (χ4v) is 5.32. The topological polar surface area (TPSA) is 246 Å². The van der Waals surface area contributed by atoms with Crippen molar-refractivity contribution in [3.05, 3.63) is 0 Å². The molecule has 3 aliphatic rings. The van der Waals surface area contributed by atoms with E-state index in [1.165, 1.54) is 0 Å². The van der Waals surface area contributed by atoms with E-state index < -0.39 is 112 Å². The molecule has 0 aromatic rings. The second-order valence-corrected chi connectivity index (χ2v) is 11.4. The third kappa shape index (κ3) is 8.45. The predicted octanol–water partition coefficient (Wildman–Crippen LogP) is -3.23. The van der Waals surface area contributed by atoms with Crippen molar-refractivity contribution in [2.75, 3.05) is 39.6 Å². The molecule has 0 saturated carbocycles. The minimum atomic E-state index is -4.74. The zero-order valence-electron chi connectivity index (χ0n) is 16.4. The molecular weight excluding hydrogens is 564 g/mol. The Morgan fingerprint density at radius 3 is 1.35 bits per heavy atom. The highest BCUT2D eigenvalue weighted by atomic mass is 32.3. The van der Waals surface area contributed by atoms with Crippen molar-refractivity contribution in [3.8, 4) is 0 Å². The number of hydrogen-bond donors (Lipinski definition) is 0. The minimum absolute atomic E-state index is 0.488. The molecule has 3 rings (SSSR count).